The Balaban J connectivity index is 1.73. The zero-order chi connectivity index (χ0) is 12.8. The molecule has 4 nitrogen and oxygen atoms in total. The van der Waals surface area contributed by atoms with Crippen LogP contribution in [-0.4, -0.2) is 20.8 Å². The molecule has 0 saturated heterocycles. The highest BCUT2D eigenvalue weighted by Gasteiger charge is 2.05. The molecule has 1 atom stereocenters. The van der Waals surface area contributed by atoms with Gasteiger partial charge in [-0.05, 0) is 25.3 Å². The van der Waals surface area contributed by atoms with Gasteiger partial charge in [-0.1, -0.05) is 30.3 Å². The number of hydrogen-bond donors (Lipinski definition) is 1. The third-order valence-corrected chi connectivity index (χ3v) is 3.12. The van der Waals surface area contributed by atoms with Crippen LogP contribution >= 0.6 is 0 Å². The Bertz CT molecular complexity index is 464. The van der Waals surface area contributed by atoms with E-state index in [2.05, 4.69) is 52.8 Å². The van der Waals surface area contributed by atoms with Gasteiger partial charge in [-0.25, -0.2) is 0 Å². The van der Waals surface area contributed by atoms with Crippen molar-refractivity contribution in [3.8, 4) is 0 Å². The van der Waals surface area contributed by atoms with Crippen LogP contribution in [0.5, 0.6) is 0 Å². The van der Waals surface area contributed by atoms with Crippen molar-refractivity contribution in [1.29, 1.82) is 0 Å². The molecule has 0 radical (unpaired) electrons. The Kier molecular flexibility index (Phi) is 4.47. The number of aryl methyl sites for hydroxylation is 2. The van der Waals surface area contributed by atoms with E-state index in [9.17, 15) is 0 Å². The summed E-state index contributed by atoms with van der Waals surface area (Å²) in [5, 5.41) is 11.4. The summed E-state index contributed by atoms with van der Waals surface area (Å²) in [4.78, 5) is 0. The molecule has 0 fully saturated rings. The average molecular weight is 244 g/mol. The molecule has 0 aliphatic heterocycles. The quantitative estimate of drug-likeness (QED) is 0.844. The van der Waals surface area contributed by atoms with Crippen LogP contribution in [0.4, 0.5) is 0 Å². The smallest absolute Gasteiger partial charge is 0.146 e. The van der Waals surface area contributed by atoms with E-state index in [-0.39, 0.29) is 0 Å². The number of nitrogens with one attached hydrogen (secondary N) is 1. The van der Waals surface area contributed by atoms with Crippen molar-refractivity contribution in [1.82, 2.24) is 20.1 Å². The zero-order valence-electron chi connectivity index (χ0n) is 11.0. The number of aromatic nitrogens is 3. The molecule has 2 rings (SSSR count). The van der Waals surface area contributed by atoms with Crippen LogP contribution in [0.2, 0.25) is 0 Å². The molecular formula is C14H20N4. The molecule has 0 spiro atoms. The molecule has 18 heavy (non-hydrogen) atoms. The topological polar surface area (TPSA) is 42.7 Å². The Hall–Kier alpha value is -1.68. The number of hydrogen-bond acceptors (Lipinski definition) is 3. The van der Waals surface area contributed by atoms with Gasteiger partial charge in [-0.15, -0.1) is 10.2 Å². The summed E-state index contributed by atoms with van der Waals surface area (Å²) < 4.78 is 1.94. The second kappa shape index (κ2) is 6.31. The fraction of sp³-hybridized carbons (Fsp3) is 0.429. The maximum Gasteiger partial charge on any atom is 0.146 e. The van der Waals surface area contributed by atoms with Gasteiger partial charge >= 0.3 is 0 Å². The van der Waals surface area contributed by atoms with Crippen molar-refractivity contribution in [2.75, 3.05) is 0 Å². The Morgan fingerprint density at radius 3 is 2.72 bits per heavy atom. The summed E-state index contributed by atoms with van der Waals surface area (Å²) >= 11 is 0. The van der Waals surface area contributed by atoms with E-state index in [4.69, 9.17) is 0 Å². The SMILES string of the molecule is CC(CCc1ccccc1)NCc1nncn1C. The Morgan fingerprint density at radius 1 is 1.28 bits per heavy atom. The van der Waals surface area contributed by atoms with Crippen LogP contribution in [0, 0.1) is 0 Å². The second-order valence-electron chi connectivity index (χ2n) is 4.66. The van der Waals surface area contributed by atoms with Crippen LogP contribution in [0.25, 0.3) is 0 Å². The van der Waals surface area contributed by atoms with Crippen LogP contribution in [-0.2, 0) is 20.0 Å². The third-order valence-electron chi connectivity index (χ3n) is 3.12. The number of benzene rings is 1. The zero-order valence-corrected chi connectivity index (χ0v) is 11.0. The van der Waals surface area contributed by atoms with E-state index in [1.165, 1.54) is 5.56 Å². The highest BCUT2D eigenvalue weighted by atomic mass is 15.3. The number of nitrogens with zero attached hydrogens (tertiary/aromatic N) is 3. The maximum atomic E-state index is 4.06. The van der Waals surface area contributed by atoms with E-state index in [1.54, 1.807) is 6.33 Å². The van der Waals surface area contributed by atoms with Gasteiger partial charge < -0.3 is 9.88 Å². The van der Waals surface area contributed by atoms with E-state index in [0.29, 0.717) is 6.04 Å². The van der Waals surface area contributed by atoms with E-state index in [1.807, 2.05) is 11.6 Å². The molecule has 4 heteroatoms. The monoisotopic (exact) mass is 244 g/mol. The molecule has 1 aromatic heterocycles. The van der Waals surface area contributed by atoms with Gasteiger partial charge in [0.1, 0.15) is 12.2 Å². The first kappa shape index (κ1) is 12.8. The van der Waals surface area contributed by atoms with Crippen molar-refractivity contribution >= 4 is 0 Å². The number of rotatable bonds is 6. The minimum absolute atomic E-state index is 0.474. The molecule has 1 aromatic carbocycles. The normalized spacial score (nSPS) is 12.6. The summed E-state index contributed by atoms with van der Waals surface area (Å²) in [5.41, 5.74) is 1.39. The predicted octanol–water partition coefficient (Wildman–Crippen LogP) is 1.93. The van der Waals surface area contributed by atoms with Crippen LogP contribution in [0.15, 0.2) is 36.7 Å². The van der Waals surface area contributed by atoms with Crippen LogP contribution in [0.3, 0.4) is 0 Å². The van der Waals surface area contributed by atoms with Crippen LogP contribution < -0.4 is 5.32 Å². The first-order chi connectivity index (χ1) is 8.75. The molecule has 1 heterocycles. The minimum Gasteiger partial charge on any atom is -0.320 e. The van der Waals surface area contributed by atoms with E-state index < -0.39 is 0 Å². The fourth-order valence-corrected chi connectivity index (χ4v) is 1.86. The summed E-state index contributed by atoms with van der Waals surface area (Å²) in [6, 6.07) is 11.1. The van der Waals surface area contributed by atoms with Gasteiger partial charge in [0.25, 0.3) is 0 Å². The highest BCUT2D eigenvalue weighted by molar-refractivity contribution is 5.14. The standard InChI is InChI=1S/C14H20N4/c1-12(8-9-13-6-4-3-5-7-13)15-10-14-17-16-11-18(14)2/h3-7,11-12,15H,8-10H2,1-2H3. The van der Waals surface area contributed by atoms with Crippen molar-refractivity contribution in [2.45, 2.75) is 32.4 Å². The molecule has 1 unspecified atom stereocenters. The van der Waals surface area contributed by atoms with E-state index >= 15 is 0 Å². The Labute approximate surface area is 108 Å². The van der Waals surface area contributed by atoms with Crippen molar-refractivity contribution in [2.24, 2.45) is 7.05 Å². The molecule has 2 aromatic rings. The molecule has 0 aliphatic rings. The summed E-state index contributed by atoms with van der Waals surface area (Å²) in [6.45, 7) is 2.98. The molecule has 0 saturated carbocycles. The molecule has 96 valence electrons. The maximum absolute atomic E-state index is 4.06. The van der Waals surface area contributed by atoms with Crippen molar-refractivity contribution in [3.05, 3.63) is 48.0 Å². The first-order valence-corrected chi connectivity index (χ1v) is 6.36. The highest BCUT2D eigenvalue weighted by Crippen LogP contribution is 2.05. The lowest BCUT2D eigenvalue weighted by atomic mass is 10.1. The van der Waals surface area contributed by atoms with Gasteiger partial charge in [0.05, 0.1) is 6.54 Å². The Morgan fingerprint density at radius 2 is 2.06 bits per heavy atom. The lowest BCUT2D eigenvalue weighted by Gasteiger charge is -2.13. The first-order valence-electron chi connectivity index (χ1n) is 6.36. The molecule has 0 amide bonds. The van der Waals surface area contributed by atoms with Gasteiger partial charge in [0.15, 0.2) is 0 Å². The van der Waals surface area contributed by atoms with Gasteiger partial charge in [0, 0.05) is 13.1 Å². The lowest BCUT2D eigenvalue weighted by molar-refractivity contribution is 0.498. The van der Waals surface area contributed by atoms with Crippen LogP contribution in [0.1, 0.15) is 24.7 Å². The van der Waals surface area contributed by atoms with Gasteiger partial charge in [-0.3, -0.25) is 0 Å². The van der Waals surface area contributed by atoms with Crippen molar-refractivity contribution < 1.29 is 0 Å². The lowest BCUT2D eigenvalue weighted by Crippen LogP contribution is -2.27. The van der Waals surface area contributed by atoms with Crippen molar-refractivity contribution in [3.63, 3.8) is 0 Å². The van der Waals surface area contributed by atoms with Gasteiger partial charge in [-0.2, -0.15) is 0 Å². The summed E-state index contributed by atoms with van der Waals surface area (Å²) in [7, 11) is 1.96. The van der Waals surface area contributed by atoms with E-state index in [0.717, 1.165) is 25.2 Å². The predicted molar refractivity (Wildman–Crippen MR) is 72.1 cm³/mol. The average Bonchev–Trinajstić information content (AvgIpc) is 2.81. The summed E-state index contributed by atoms with van der Waals surface area (Å²) in [5.74, 6) is 0.974. The molecular weight excluding hydrogens is 224 g/mol. The second-order valence-corrected chi connectivity index (χ2v) is 4.66. The van der Waals surface area contributed by atoms with Gasteiger partial charge in [0.2, 0.25) is 0 Å². The molecule has 0 bridgehead atoms. The largest absolute Gasteiger partial charge is 0.320 e. The molecule has 1 N–H and O–H groups in total. The fourth-order valence-electron chi connectivity index (χ4n) is 1.86. The molecule has 0 aliphatic carbocycles. The minimum atomic E-state index is 0.474. The third kappa shape index (κ3) is 3.67. The summed E-state index contributed by atoms with van der Waals surface area (Å²) in [6.07, 6.45) is 3.96.